The lowest BCUT2D eigenvalue weighted by Gasteiger charge is -2.22. The summed E-state index contributed by atoms with van der Waals surface area (Å²) in [6.45, 7) is 4.50. The Balaban J connectivity index is 1.83. The van der Waals surface area contributed by atoms with Crippen molar-refractivity contribution in [2.24, 2.45) is 0 Å². The van der Waals surface area contributed by atoms with E-state index in [4.69, 9.17) is 0 Å². The number of hydrogen-bond acceptors (Lipinski definition) is 0. The summed E-state index contributed by atoms with van der Waals surface area (Å²) in [5.74, 6) is 0. The molecular weight excluding hydrogens is 364 g/mol. The Morgan fingerprint density at radius 1 is 0.793 bits per heavy atom. The second-order valence-corrected chi connectivity index (χ2v) is 10.9. The first-order valence-electron chi connectivity index (χ1n) is 10.9. The fourth-order valence-electron chi connectivity index (χ4n) is 4.54. The lowest BCUT2D eigenvalue weighted by Crippen LogP contribution is -2.44. The van der Waals surface area contributed by atoms with Crippen LogP contribution >= 0.6 is 0 Å². The molecule has 0 saturated heterocycles. The van der Waals surface area contributed by atoms with Gasteiger partial charge in [0.15, 0.2) is 0 Å². The van der Waals surface area contributed by atoms with E-state index >= 15 is 0 Å². The molecule has 0 aromatic heterocycles. The summed E-state index contributed by atoms with van der Waals surface area (Å²) < 4.78 is 0. The van der Waals surface area contributed by atoms with Crippen LogP contribution in [0, 0.1) is 6.92 Å². The van der Waals surface area contributed by atoms with E-state index in [0.717, 1.165) is 6.42 Å². The van der Waals surface area contributed by atoms with Crippen molar-refractivity contribution in [1.82, 2.24) is 0 Å². The molecule has 1 aliphatic carbocycles. The molecule has 146 valence electrons. The monoisotopic (exact) mass is 394 g/mol. The lowest BCUT2D eigenvalue weighted by atomic mass is 9.97. The van der Waals surface area contributed by atoms with Crippen LogP contribution in [0.15, 0.2) is 102 Å². The smallest absolute Gasteiger partial charge is 0.0801 e. The van der Waals surface area contributed by atoms with Crippen molar-refractivity contribution < 1.29 is 0 Å². The predicted octanol–water partition coefficient (Wildman–Crippen LogP) is 5.85. The molecule has 0 saturated carbocycles. The Bertz CT molecular complexity index is 973. The zero-order valence-electron chi connectivity index (χ0n) is 17.6. The van der Waals surface area contributed by atoms with E-state index in [1.54, 1.807) is 16.3 Å². The molecule has 0 aliphatic heterocycles. The van der Waals surface area contributed by atoms with Gasteiger partial charge in [0.1, 0.15) is 8.80 Å². The van der Waals surface area contributed by atoms with Crippen molar-refractivity contribution in [1.29, 1.82) is 0 Å². The molecule has 0 atom stereocenters. The Morgan fingerprint density at radius 2 is 1.45 bits per heavy atom. The third-order valence-electron chi connectivity index (χ3n) is 5.96. The van der Waals surface area contributed by atoms with Crippen LogP contribution in [0.1, 0.15) is 43.7 Å². The highest BCUT2D eigenvalue weighted by Crippen LogP contribution is 2.37. The Kier molecular flexibility index (Phi) is 6.26. The van der Waals surface area contributed by atoms with Crippen LogP contribution in [-0.4, -0.2) is 8.80 Å². The van der Waals surface area contributed by atoms with Crippen molar-refractivity contribution in [3.63, 3.8) is 0 Å². The van der Waals surface area contributed by atoms with E-state index in [1.807, 2.05) is 0 Å². The van der Waals surface area contributed by atoms with Crippen LogP contribution in [0.4, 0.5) is 0 Å². The molecule has 3 aromatic carbocycles. The first-order valence-corrected chi connectivity index (χ1v) is 12.6. The number of unbranched alkanes of at least 4 members (excludes halogenated alkanes) is 1. The Labute approximate surface area is 177 Å². The van der Waals surface area contributed by atoms with Gasteiger partial charge in [-0.2, -0.15) is 0 Å². The number of allylic oxidation sites excluding steroid dienone is 4. The van der Waals surface area contributed by atoms with E-state index in [9.17, 15) is 0 Å². The van der Waals surface area contributed by atoms with Gasteiger partial charge in [-0.1, -0.05) is 125 Å². The lowest BCUT2D eigenvalue weighted by molar-refractivity contribution is 0.798. The van der Waals surface area contributed by atoms with Gasteiger partial charge in [0.2, 0.25) is 0 Å². The quantitative estimate of drug-likeness (QED) is 0.441. The predicted molar refractivity (Wildman–Crippen MR) is 130 cm³/mol. The van der Waals surface area contributed by atoms with E-state index in [1.165, 1.54) is 40.8 Å². The summed E-state index contributed by atoms with van der Waals surface area (Å²) in [5.41, 5.74) is 5.94. The highest BCUT2D eigenvalue weighted by atomic mass is 28.3. The third kappa shape index (κ3) is 4.36. The van der Waals surface area contributed by atoms with Gasteiger partial charge in [-0.15, -0.1) is 0 Å². The van der Waals surface area contributed by atoms with Crippen LogP contribution in [0.5, 0.6) is 0 Å². The number of benzene rings is 3. The standard InChI is InChI=1S/C28H30Si/c1-3-4-18-27-26(23-13-11-12-22(2)21-23)19-20-28(27)29(24-14-7-5-8-15-24)25-16-9-6-10-17-25/h5-17,20-21,29H,3-4,18-19H2,1-2H3. The molecule has 0 unspecified atom stereocenters. The molecule has 0 bridgehead atoms. The summed E-state index contributed by atoms with van der Waals surface area (Å²) >= 11 is 0. The van der Waals surface area contributed by atoms with Crippen molar-refractivity contribution in [3.05, 3.63) is 113 Å². The SMILES string of the molecule is CCCCC1=C(c2cccc(C)c2)CC=C1[SiH](c1ccccc1)c1ccccc1. The minimum atomic E-state index is -1.47. The zero-order valence-corrected chi connectivity index (χ0v) is 18.7. The maximum Gasteiger partial charge on any atom is 0.132 e. The van der Waals surface area contributed by atoms with Gasteiger partial charge < -0.3 is 0 Å². The molecule has 1 aliphatic rings. The second-order valence-electron chi connectivity index (χ2n) is 8.05. The first kappa shape index (κ1) is 19.7. The highest BCUT2D eigenvalue weighted by molar-refractivity contribution is 6.91. The maximum absolute atomic E-state index is 2.56. The topological polar surface area (TPSA) is 0 Å². The molecule has 0 heterocycles. The van der Waals surface area contributed by atoms with Crippen molar-refractivity contribution >= 4 is 24.7 Å². The normalized spacial score (nSPS) is 13.8. The molecule has 0 nitrogen and oxygen atoms in total. The largest absolute Gasteiger partial charge is 0.132 e. The number of rotatable bonds is 7. The van der Waals surface area contributed by atoms with Crippen LogP contribution in [-0.2, 0) is 0 Å². The molecule has 0 radical (unpaired) electrons. The van der Waals surface area contributed by atoms with Gasteiger partial charge >= 0.3 is 0 Å². The Hall–Kier alpha value is -2.64. The molecule has 0 fully saturated rings. The van der Waals surface area contributed by atoms with Gasteiger partial charge in [-0.05, 0) is 42.9 Å². The summed E-state index contributed by atoms with van der Waals surface area (Å²) in [7, 11) is -1.47. The van der Waals surface area contributed by atoms with Crippen molar-refractivity contribution in [3.8, 4) is 0 Å². The van der Waals surface area contributed by atoms with Crippen LogP contribution in [0.25, 0.3) is 5.57 Å². The van der Waals surface area contributed by atoms with E-state index in [0.29, 0.717) is 0 Å². The molecule has 0 N–H and O–H groups in total. The fourth-order valence-corrected chi connectivity index (χ4v) is 7.88. The first-order chi connectivity index (χ1) is 14.3. The van der Waals surface area contributed by atoms with Crippen LogP contribution in [0.2, 0.25) is 0 Å². The summed E-state index contributed by atoms with van der Waals surface area (Å²) in [6, 6.07) is 31.5. The molecule has 3 aromatic rings. The summed E-state index contributed by atoms with van der Waals surface area (Å²) in [4.78, 5) is 0. The minimum Gasteiger partial charge on any atom is -0.0801 e. The highest BCUT2D eigenvalue weighted by Gasteiger charge is 2.28. The number of hydrogen-bond donors (Lipinski definition) is 0. The van der Waals surface area contributed by atoms with Crippen molar-refractivity contribution in [2.75, 3.05) is 0 Å². The van der Waals surface area contributed by atoms with E-state index < -0.39 is 8.80 Å². The Morgan fingerprint density at radius 3 is 2.03 bits per heavy atom. The summed E-state index contributed by atoms with van der Waals surface area (Å²) in [5, 5.41) is 4.68. The molecule has 29 heavy (non-hydrogen) atoms. The maximum atomic E-state index is 2.56. The molecule has 4 rings (SSSR count). The number of aryl methyl sites for hydroxylation is 1. The summed E-state index contributed by atoms with van der Waals surface area (Å²) in [6.07, 6.45) is 7.31. The fraction of sp³-hybridized carbons (Fsp3) is 0.214. The molecular formula is C28H30Si. The van der Waals surface area contributed by atoms with Gasteiger partial charge in [0.05, 0.1) is 0 Å². The average molecular weight is 395 g/mol. The van der Waals surface area contributed by atoms with Crippen LogP contribution in [0.3, 0.4) is 0 Å². The van der Waals surface area contributed by atoms with E-state index in [2.05, 4.69) is 105 Å². The second kappa shape index (κ2) is 9.24. The van der Waals surface area contributed by atoms with Gasteiger partial charge in [0, 0.05) is 0 Å². The minimum absolute atomic E-state index is 1.07. The molecule has 0 spiro atoms. The van der Waals surface area contributed by atoms with Gasteiger partial charge in [-0.3, -0.25) is 0 Å². The molecule has 0 amide bonds. The van der Waals surface area contributed by atoms with E-state index in [-0.39, 0.29) is 0 Å². The van der Waals surface area contributed by atoms with Crippen molar-refractivity contribution in [2.45, 2.75) is 39.5 Å². The zero-order chi connectivity index (χ0) is 20.1. The van der Waals surface area contributed by atoms with Gasteiger partial charge in [-0.25, -0.2) is 0 Å². The van der Waals surface area contributed by atoms with Gasteiger partial charge in [0.25, 0.3) is 0 Å². The molecule has 1 heteroatoms. The third-order valence-corrected chi connectivity index (χ3v) is 9.27. The average Bonchev–Trinajstić information content (AvgIpc) is 3.17. The van der Waals surface area contributed by atoms with Crippen LogP contribution < -0.4 is 10.4 Å².